The molecule has 0 radical (unpaired) electrons. The van der Waals surface area contributed by atoms with E-state index >= 15 is 0 Å². The maximum Gasteiger partial charge on any atom is 0.348 e. The smallest absolute Gasteiger partial charge is 0.348 e. The number of fused-ring (bicyclic) bond motifs is 1. The fraction of sp³-hybridized carbons (Fsp3) is 0.467. The minimum absolute atomic E-state index is 0.0212. The van der Waals surface area contributed by atoms with Crippen LogP contribution in [-0.4, -0.2) is 35.0 Å². The summed E-state index contributed by atoms with van der Waals surface area (Å²) in [4.78, 5) is 49.7. The summed E-state index contributed by atoms with van der Waals surface area (Å²) >= 11 is 1.49. The van der Waals surface area contributed by atoms with Crippen molar-refractivity contribution < 1.29 is 14.3 Å². The van der Waals surface area contributed by atoms with Crippen molar-refractivity contribution in [2.45, 2.75) is 66.8 Å². The van der Waals surface area contributed by atoms with Gasteiger partial charge in [-0.05, 0) is 63.1 Å². The number of carbonyl (C=O) groups is 2. The highest BCUT2D eigenvalue weighted by Gasteiger charge is 2.32. The van der Waals surface area contributed by atoms with Crippen LogP contribution in [0.1, 0.15) is 78.3 Å². The molecule has 2 N–H and O–H groups in total. The van der Waals surface area contributed by atoms with Crippen molar-refractivity contribution in [1.82, 2.24) is 9.97 Å². The first-order valence-corrected chi connectivity index (χ1v) is 14.3. The monoisotopic (exact) mass is 550 g/mol. The van der Waals surface area contributed by atoms with Gasteiger partial charge in [-0.3, -0.25) is 19.9 Å². The molecule has 0 bridgehead atoms. The molecule has 4 rings (SSSR count). The Morgan fingerprint density at radius 2 is 1.97 bits per heavy atom. The van der Waals surface area contributed by atoms with Crippen LogP contribution in [0.5, 0.6) is 0 Å². The van der Waals surface area contributed by atoms with Crippen LogP contribution in [0.4, 0.5) is 11.8 Å². The molecule has 2 aromatic heterocycles. The zero-order chi connectivity index (χ0) is 28.3. The molecule has 3 aromatic rings. The highest BCUT2D eigenvalue weighted by Crippen LogP contribution is 2.36. The Labute approximate surface area is 233 Å². The van der Waals surface area contributed by atoms with Gasteiger partial charge in [-0.2, -0.15) is 4.98 Å². The summed E-state index contributed by atoms with van der Waals surface area (Å²) in [5.74, 6) is 0.512. The number of benzene rings is 1. The lowest BCUT2D eigenvalue weighted by Crippen LogP contribution is -2.41. The van der Waals surface area contributed by atoms with E-state index in [9.17, 15) is 14.4 Å². The summed E-state index contributed by atoms with van der Waals surface area (Å²) in [6.07, 6.45) is 2.27. The molecule has 0 unspecified atom stereocenters. The molecule has 1 amide bonds. The molecule has 0 aliphatic carbocycles. The Hall–Kier alpha value is -3.46. The molecule has 1 aliphatic rings. The Kier molecular flexibility index (Phi) is 8.59. The third kappa shape index (κ3) is 6.58. The van der Waals surface area contributed by atoms with E-state index in [4.69, 9.17) is 9.72 Å². The average molecular weight is 551 g/mol. The maximum atomic E-state index is 13.3. The number of carbonyl (C=O) groups excluding carboxylic acids is 2. The molecule has 2 atom stereocenters. The molecule has 39 heavy (non-hydrogen) atoms. The van der Waals surface area contributed by atoms with Gasteiger partial charge in [0.1, 0.15) is 10.7 Å². The van der Waals surface area contributed by atoms with Gasteiger partial charge in [0, 0.05) is 16.8 Å². The normalized spacial score (nSPS) is 15.9. The maximum absolute atomic E-state index is 13.3. The van der Waals surface area contributed by atoms with E-state index < -0.39 is 5.41 Å². The number of esters is 1. The molecule has 208 valence electrons. The number of thiophene rings is 1. The summed E-state index contributed by atoms with van der Waals surface area (Å²) in [6, 6.07) is 12.0. The summed E-state index contributed by atoms with van der Waals surface area (Å²) in [7, 11) is 0. The largest absolute Gasteiger partial charge is 0.462 e. The van der Waals surface area contributed by atoms with E-state index in [2.05, 4.69) is 34.3 Å². The van der Waals surface area contributed by atoms with E-state index in [1.807, 2.05) is 52.0 Å². The quantitative estimate of drug-likeness (QED) is 0.350. The van der Waals surface area contributed by atoms with Crippen LogP contribution in [0, 0.1) is 18.3 Å². The number of H-pyrrole nitrogens is 1. The van der Waals surface area contributed by atoms with Crippen LogP contribution in [-0.2, 0) is 22.4 Å². The highest BCUT2D eigenvalue weighted by molar-refractivity contribution is 7.14. The molecule has 0 saturated carbocycles. The number of hydrogen-bond acceptors (Lipinski definition) is 7. The van der Waals surface area contributed by atoms with Gasteiger partial charge in [-0.25, -0.2) is 4.79 Å². The van der Waals surface area contributed by atoms with Crippen molar-refractivity contribution in [1.29, 1.82) is 0 Å². The van der Waals surface area contributed by atoms with E-state index in [1.165, 1.54) is 16.2 Å². The van der Waals surface area contributed by atoms with Crippen molar-refractivity contribution in [3.63, 3.8) is 0 Å². The van der Waals surface area contributed by atoms with Crippen LogP contribution >= 0.6 is 11.3 Å². The molecule has 1 aromatic carbocycles. The lowest BCUT2D eigenvalue weighted by atomic mass is 9.89. The predicted octanol–water partition coefficient (Wildman–Crippen LogP) is 5.67. The van der Waals surface area contributed by atoms with Crippen molar-refractivity contribution >= 4 is 35.0 Å². The second-order valence-electron chi connectivity index (χ2n) is 11.2. The second kappa shape index (κ2) is 11.7. The van der Waals surface area contributed by atoms with Gasteiger partial charge < -0.3 is 9.64 Å². The Morgan fingerprint density at radius 1 is 1.26 bits per heavy atom. The molecular weight excluding hydrogens is 512 g/mol. The van der Waals surface area contributed by atoms with E-state index in [0.717, 1.165) is 30.5 Å². The minimum atomic E-state index is -0.621. The van der Waals surface area contributed by atoms with Gasteiger partial charge in [0.05, 0.1) is 18.2 Å². The molecule has 0 fully saturated rings. The first-order valence-electron chi connectivity index (χ1n) is 13.5. The summed E-state index contributed by atoms with van der Waals surface area (Å²) in [6.45, 7) is 12.5. The number of ether oxygens (including phenoxy) is 1. The van der Waals surface area contributed by atoms with Gasteiger partial charge in [0.15, 0.2) is 0 Å². The van der Waals surface area contributed by atoms with Crippen molar-refractivity contribution in [3.8, 4) is 0 Å². The first-order chi connectivity index (χ1) is 18.5. The highest BCUT2D eigenvalue weighted by atomic mass is 32.1. The van der Waals surface area contributed by atoms with Crippen LogP contribution < -0.4 is 15.8 Å². The van der Waals surface area contributed by atoms with Crippen molar-refractivity contribution in [2.75, 3.05) is 23.4 Å². The number of nitrogens with zero attached hydrogens (tertiary/aromatic N) is 2. The van der Waals surface area contributed by atoms with Crippen molar-refractivity contribution in [2.24, 2.45) is 11.3 Å². The second-order valence-corrected chi connectivity index (χ2v) is 12.3. The van der Waals surface area contributed by atoms with Gasteiger partial charge in [0.2, 0.25) is 11.9 Å². The third-order valence-electron chi connectivity index (χ3n) is 7.15. The zero-order valence-corrected chi connectivity index (χ0v) is 24.4. The molecule has 3 heterocycles. The van der Waals surface area contributed by atoms with Gasteiger partial charge in [-0.1, -0.05) is 51.1 Å². The van der Waals surface area contributed by atoms with Crippen LogP contribution in [0.2, 0.25) is 0 Å². The number of anilines is 2. The van der Waals surface area contributed by atoms with Crippen LogP contribution in [0.15, 0.2) is 41.2 Å². The Morgan fingerprint density at radius 3 is 2.64 bits per heavy atom. The minimum Gasteiger partial charge on any atom is -0.462 e. The third-order valence-corrected chi connectivity index (χ3v) is 8.43. The predicted molar refractivity (Wildman–Crippen MR) is 156 cm³/mol. The zero-order valence-electron chi connectivity index (χ0n) is 23.6. The first kappa shape index (κ1) is 28.5. The molecule has 0 spiro atoms. The Balaban J connectivity index is 1.62. The number of aryl methyl sites for hydroxylation is 2. The number of nitrogens with one attached hydrogen (secondary N) is 2. The fourth-order valence-corrected chi connectivity index (χ4v) is 5.92. The number of hydrogen-bond donors (Lipinski definition) is 2. The summed E-state index contributed by atoms with van der Waals surface area (Å²) in [5, 5.41) is 2.79. The number of amides is 1. The van der Waals surface area contributed by atoms with E-state index in [-0.39, 0.29) is 35.3 Å². The Bertz CT molecular complexity index is 1390. The molecule has 1 aliphatic heterocycles. The number of aromatic nitrogens is 2. The molecule has 9 heteroatoms. The average Bonchev–Trinajstić information content (AvgIpc) is 3.27. The molecular formula is C30H38N4O4S. The summed E-state index contributed by atoms with van der Waals surface area (Å²) in [5.41, 5.74) is 2.00. The van der Waals surface area contributed by atoms with Crippen molar-refractivity contribution in [3.05, 3.63) is 73.2 Å². The lowest BCUT2D eigenvalue weighted by Gasteiger charge is -2.39. The van der Waals surface area contributed by atoms with Gasteiger partial charge in [-0.15, -0.1) is 11.3 Å². The summed E-state index contributed by atoms with van der Waals surface area (Å²) < 4.78 is 5.17. The van der Waals surface area contributed by atoms with E-state index in [0.29, 0.717) is 29.3 Å². The molecule has 8 nitrogen and oxygen atoms in total. The van der Waals surface area contributed by atoms with Crippen LogP contribution in [0.25, 0.3) is 0 Å². The standard InChI is InChI=1S/C30H38N4O4S/c1-7-38-27(36)24-15-18(2)23(39-24)14-13-20-16-22-25(34(17-20)19(3)21-11-9-8-10-12-21)31-29(32-26(22)35)33-28(37)30(4,5)6/h8-12,15,19-20H,7,13-14,16-17H2,1-6H3,(H2,31,32,33,35,37)/t19-,20+/m1/s1. The SMILES string of the molecule is CCOC(=O)c1cc(C)c(CC[C@H]2Cc3c(nc(NC(=O)C(C)(C)C)[nH]c3=O)N([C@H](C)c3ccccc3)C2)s1. The molecule has 0 saturated heterocycles. The topological polar surface area (TPSA) is 104 Å². The van der Waals surface area contributed by atoms with Crippen LogP contribution in [0.3, 0.4) is 0 Å². The number of aromatic amines is 1. The lowest BCUT2D eigenvalue weighted by molar-refractivity contribution is -0.123. The van der Waals surface area contributed by atoms with E-state index in [1.54, 1.807) is 6.92 Å². The van der Waals surface area contributed by atoms with Gasteiger partial charge in [0.25, 0.3) is 5.56 Å². The number of rotatable bonds is 8. The fourth-order valence-electron chi connectivity index (χ4n) is 4.83. The van der Waals surface area contributed by atoms with Gasteiger partial charge >= 0.3 is 5.97 Å².